The van der Waals surface area contributed by atoms with Crippen molar-refractivity contribution < 1.29 is 0 Å². The molecule has 0 fully saturated rings. The third-order valence-corrected chi connectivity index (χ3v) is 4.45. The topological polar surface area (TPSA) is 0 Å². The lowest BCUT2D eigenvalue weighted by Gasteiger charge is -2.37. The van der Waals surface area contributed by atoms with E-state index in [1.165, 1.54) is 24.0 Å². The Hall–Kier alpha value is -1.56. The molecular weight excluding hydrogens is 228 g/mol. The van der Waals surface area contributed by atoms with Crippen LogP contribution < -0.4 is 0 Å². The Kier molecular flexibility index (Phi) is 4.42. The van der Waals surface area contributed by atoms with E-state index in [4.69, 9.17) is 0 Å². The summed E-state index contributed by atoms with van der Waals surface area (Å²) in [5.41, 5.74) is 2.93. The molecule has 2 rings (SSSR count). The summed E-state index contributed by atoms with van der Waals surface area (Å²) in [5.74, 6) is 0.627. The number of hydrogen-bond acceptors (Lipinski definition) is 0. The van der Waals surface area contributed by atoms with Crippen LogP contribution in [0.4, 0.5) is 0 Å². The molecule has 0 saturated carbocycles. The van der Waals surface area contributed by atoms with Crippen molar-refractivity contribution in [1.82, 2.24) is 0 Å². The van der Waals surface area contributed by atoms with Crippen LogP contribution in [0.2, 0.25) is 0 Å². The van der Waals surface area contributed by atoms with Crippen molar-refractivity contribution >= 4 is 0 Å². The van der Waals surface area contributed by atoms with Crippen LogP contribution in [0, 0.1) is 5.92 Å². The molecule has 1 atom stereocenters. The van der Waals surface area contributed by atoms with Crippen molar-refractivity contribution in [3.05, 3.63) is 71.8 Å². The Balaban J connectivity index is 2.51. The summed E-state index contributed by atoms with van der Waals surface area (Å²) >= 11 is 0. The van der Waals surface area contributed by atoms with Crippen LogP contribution in [0.15, 0.2) is 60.7 Å². The van der Waals surface area contributed by atoms with Gasteiger partial charge in [0.15, 0.2) is 0 Å². The van der Waals surface area contributed by atoms with Gasteiger partial charge in [0, 0.05) is 5.41 Å². The third kappa shape index (κ3) is 2.73. The van der Waals surface area contributed by atoms with E-state index in [0.717, 1.165) is 0 Å². The fraction of sp³-hybridized carbons (Fsp3) is 0.368. The SMILES string of the molecule is CCCC(C)C(C)(c1ccccc1)c1ccccc1. The Morgan fingerprint density at radius 3 is 1.63 bits per heavy atom. The Morgan fingerprint density at radius 1 is 0.842 bits per heavy atom. The second kappa shape index (κ2) is 6.06. The summed E-state index contributed by atoms with van der Waals surface area (Å²) in [6.07, 6.45) is 2.48. The molecule has 2 aromatic carbocycles. The van der Waals surface area contributed by atoms with E-state index in [0.29, 0.717) is 5.92 Å². The first-order chi connectivity index (χ1) is 9.19. The average Bonchev–Trinajstić information content (AvgIpc) is 2.48. The fourth-order valence-corrected chi connectivity index (χ4v) is 3.03. The van der Waals surface area contributed by atoms with Gasteiger partial charge >= 0.3 is 0 Å². The summed E-state index contributed by atoms with van der Waals surface area (Å²) < 4.78 is 0. The predicted molar refractivity (Wildman–Crippen MR) is 83.4 cm³/mol. The molecule has 0 heteroatoms. The van der Waals surface area contributed by atoms with Crippen LogP contribution in [-0.2, 0) is 5.41 Å². The summed E-state index contributed by atoms with van der Waals surface area (Å²) in [4.78, 5) is 0. The second-order valence-corrected chi connectivity index (χ2v) is 5.62. The lowest BCUT2D eigenvalue weighted by Crippen LogP contribution is -2.31. The molecule has 0 aromatic heterocycles. The molecule has 0 aliphatic rings. The molecule has 2 aromatic rings. The zero-order valence-corrected chi connectivity index (χ0v) is 12.3. The highest BCUT2D eigenvalue weighted by Crippen LogP contribution is 2.40. The number of hydrogen-bond donors (Lipinski definition) is 0. The Morgan fingerprint density at radius 2 is 1.26 bits per heavy atom. The van der Waals surface area contributed by atoms with Crippen LogP contribution in [0.25, 0.3) is 0 Å². The van der Waals surface area contributed by atoms with Gasteiger partial charge in [0.25, 0.3) is 0 Å². The van der Waals surface area contributed by atoms with Gasteiger partial charge in [-0.05, 0) is 23.5 Å². The molecule has 0 heterocycles. The van der Waals surface area contributed by atoms with Crippen molar-refractivity contribution in [3.8, 4) is 0 Å². The molecule has 0 saturated heterocycles. The highest BCUT2D eigenvalue weighted by molar-refractivity contribution is 5.39. The minimum atomic E-state index is 0.0958. The molecule has 0 radical (unpaired) electrons. The lowest BCUT2D eigenvalue weighted by atomic mass is 9.66. The van der Waals surface area contributed by atoms with E-state index < -0.39 is 0 Å². The van der Waals surface area contributed by atoms with E-state index >= 15 is 0 Å². The van der Waals surface area contributed by atoms with Crippen LogP contribution in [-0.4, -0.2) is 0 Å². The van der Waals surface area contributed by atoms with Gasteiger partial charge in [-0.25, -0.2) is 0 Å². The second-order valence-electron chi connectivity index (χ2n) is 5.62. The highest BCUT2D eigenvalue weighted by Gasteiger charge is 2.33. The van der Waals surface area contributed by atoms with Gasteiger partial charge in [0.2, 0.25) is 0 Å². The summed E-state index contributed by atoms with van der Waals surface area (Å²) in [6.45, 7) is 7.04. The molecular formula is C19H24. The molecule has 19 heavy (non-hydrogen) atoms. The highest BCUT2D eigenvalue weighted by atomic mass is 14.4. The first-order valence-electron chi connectivity index (χ1n) is 7.30. The van der Waals surface area contributed by atoms with E-state index in [1.807, 2.05) is 0 Å². The van der Waals surface area contributed by atoms with Crippen molar-refractivity contribution in [2.75, 3.05) is 0 Å². The first kappa shape index (κ1) is 13.9. The molecule has 1 unspecified atom stereocenters. The summed E-state index contributed by atoms with van der Waals surface area (Å²) in [7, 11) is 0. The number of rotatable bonds is 5. The van der Waals surface area contributed by atoms with Gasteiger partial charge in [-0.15, -0.1) is 0 Å². The fourth-order valence-electron chi connectivity index (χ4n) is 3.03. The van der Waals surface area contributed by atoms with Gasteiger partial charge < -0.3 is 0 Å². The normalized spacial score (nSPS) is 13.2. The minimum absolute atomic E-state index is 0.0958. The molecule has 0 nitrogen and oxygen atoms in total. The van der Waals surface area contributed by atoms with Crippen LogP contribution in [0.3, 0.4) is 0 Å². The van der Waals surface area contributed by atoms with E-state index in [1.54, 1.807) is 0 Å². The monoisotopic (exact) mass is 252 g/mol. The Labute approximate surface area is 117 Å². The average molecular weight is 252 g/mol. The zero-order chi connectivity index (χ0) is 13.7. The van der Waals surface area contributed by atoms with Crippen molar-refractivity contribution in [1.29, 1.82) is 0 Å². The van der Waals surface area contributed by atoms with E-state index in [2.05, 4.69) is 81.4 Å². The van der Waals surface area contributed by atoms with Crippen molar-refractivity contribution in [2.24, 2.45) is 5.92 Å². The van der Waals surface area contributed by atoms with Crippen molar-refractivity contribution in [2.45, 2.75) is 39.0 Å². The number of benzene rings is 2. The zero-order valence-electron chi connectivity index (χ0n) is 12.3. The van der Waals surface area contributed by atoms with Crippen LogP contribution in [0.5, 0.6) is 0 Å². The summed E-state index contributed by atoms with van der Waals surface area (Å²) in [6, 6.07) is 21.8. The Bertz CT molecular complexity index is 444. The molecule has 0 aliphatic heterocycles. The lowest BCUT2D eigenvalue weighted by molar-refractivity contribution is 0.348. The quantitative estimate of drug-likeness (QED) is 0.665. The van der Waals surface area contributed by atoms with E-state index in [-0.39, 0.29) is 5.41 Å². The van der Waals surface area contributed by atoms with Gasteiger partial charge in [0.1, 0.15) is 0 Å². The minimum Gasteiger partial charge on any atom is -0.0654 e. The van der Waals surface area contributed by atoms with Gasteiger partial charge in [0.05, 0.1) is 0 Å². The van der Waals surface area contributed by atoms with Gasteiger partial charge in [-0.3, -0.25) is 0 Å². The van der Waals surface area contributed by atoms with Gasteiger partial charge in [-0.1, -0.05) is 87.9 Å². The smallest absolute Gasteiger partial charge is 0.0200 e. The molecule has 0 bridgehead atoms. The maximum Gasteiger partial charge on any atom is 0.0200 e. The molecule has 0 amide bonds. The molecule has 0 N–H and O–H groups in total. The third-order valence-electron chi connectivity index (χ3n) is 4.45. The molecule has 0 aliphatic carbocycles. The summed E-state index contributed by atoms with van der Waals surface area (Å²) in [5, 5.41) is 0. The van der Waals surface area contributed by atoms with Crippen LogP contribution in [0.1, 0.15) is 44.7 Å². The standard InChI is InChI=1S/C19H24/c1-4-11-16(2)19(3,17-12-7-5-8-13-17)18-14-9-6-10-15-18/h5-10,12-16H,4,11H2,1-3H3. The maximum absolute atomic E-state index is 2.39. The maximum atomic E-state index is 2.39. The van der Waals surface area contributed by atoms with Crippen LogP contribution >= 0.6 is 0 Å². The first-order valence-corrected chi connectivity index (χ1v) is 7.30. The van der Waals surface area contributed by atoms with Crippen molar-refractivity contribution in [3.63, 3.8) is 0 Å². The van der Waals surface area contributed by atoms with Gasteiger partial charge in [-0.2, -0.15) is 0 Å². The molecule has 0 spiro atoms. The van der Waals surface area contributed by atoms with E-state index in [9.17, 15) is 0 Å². The largest absolute Gasteiger partial charge is 0.0654 e. The predicted octanol–water partition coefficient (Wildman–Crippen LogP) is 5.43. The molecule has 100 valence electrons.